The van der Waals surface area contributed by atoms with Crippen LogP contribution in [0.2, 0.25) is 0 Å². The van der Waals surface area contributed by atoms with Crippen molar-refractivity contribution in [3.63, 3.8) is 0 Å². The van der Waals surface area contributed by atoms with Gasteiger partial charge < -0.3 is 10.1 Å². The molecule has 1 fully saturated rings. The van der Waals surface area contributed by atoms with Gasteiger partial charge in [-0.05, 0) is 23.6 Å². The largest absolute Gasteiger partial charge is 0.465 e. The van der Waals surface area contributed by atoms with E-state index < -0.39 is 0 Å². The van der Waals surface area contributed by atoms with Crippen LogP contribution in [0.25, 0.3) is 0 Å². The minimum absolute atomic E-state index is 0.279. The molecule has 1 aliphatic heterocycles. The Morgan fingerprint density at radius 2 is 2.10 bits per heavy atom. The average molecular weight is 276 g/mol. The van der Waals surface area contributed by atoms with Crippen molar-refractivity contribution in [2.45, 2.75) is 26.4 Å². The Labute approximate surface area is 121 Å². The minimum Gasteiger partial charge on any atom is -0.465 e. The molecule has 4 nitrogen and oxygen atoms in total. The van der Waals surface area contributed by atoms with Gasteiger partial charge in [-0.2, -0.15) is 0 Å². The van der Waals surface area contributed by atoms with Crippen LogP contribution in [0, 0.1) is 5.92 Å². The first-order valence-corrected chi connectivity index (χ1v) is 7.24. The van der Waals surface area contributed by atoms with Crippen LogP contribution in [0.4, 0.5) is 0 Å². The van der Waals surface area contributed by atoms with Gasteiger partial charge in [0, 0.05) is 32.2 Å². The fraction of sp³-hybridized carbons (Fsp3) is 0.562. The van der Waals surface area contributed by atoms with Crippen LogP contribution >= 0.6 is 0 Å². The smallest absolute Gasteiger partial charge is 0.337 e. The molecule has 1 unspecified atom stereocenters. The first kappa shape index (κ1) is 15.0. The number of esters is 1. The molecule has 0 amide bonds. The zero-order valence-corrected chi connectivity index (χ0v) is 12.6. The van der Waals surface area contributed by atoms with Crippen molar-refractivity contribution in [2.75, 3.05) is 26.7 Å². The van der Waals surface area contributed by atoms with Gasteiger partial charge in [0.2, 0.25) is 0 Å². The van der Waals surface area contributed by atoms with Crippen molar-refractivity contribution in [1.29, 1.82) is 0 Å². The van der Waals surface area contributed by atoms with E-state index in [-0.39, 0.29) is 5.97 Å². The van der Waals surface area contributed by atoms with E-state index in [1.807, 2.05) is 24.3 Å². The fourth-order valence-electron chi connectivity index (χ4n) is 2.72. The molecule has 1 aromatic rings. The summed E-state index contributed by atoms with van der Waals surface area (Å²) in [5.41, 5.74) is 1.85. The highest BCUT2D eigenvalue weighted by Gasteiger charge is 2.24. The maximum absolute atomic E-state index is 11.4. The van der Waals surface area contributed by atoms with E-state index >= 15 is 0 Å². The molecule has 0 spiro atoms. The summed E-state index contributed by atoms with van der Waals surface area (Å²) in [6.45, 7) is 8.64. The van der Waals surface area contributed by atoms with Crippen molar-refractivity contribution in [2.24, 2.45) is 5.92 Å². The second-order valence-electron chi connectivity index (χ2n) is 5.67. The van der Waals surface area contributed by atoms with E-state index in [1.54, 1.807) is 0 Å². The highest BCUT2D eigenvalue weighted by molar-refractivity contribution is 5.89. The molecule has 110 valence electrons. The van der Waals surface area contributed by atoms with Gasteiger partial charge in [0.1, 0.15) is 0 Å². The van der Waals surface area contributed by atoms with Crippen LogP contribution in [-0.2, 0) is 11.3 Å². The first-order valence-electron chi connectivity index (χ1n) is 7.24. The summed E-state index contributed by atoms with van der Waals surface area (Å²) in [6, 6.07) is 8.29. The number of ether oxygens (including phenoxy) is 1. The second kappa shape index (κ2) is 6.86. The normalized spacial score (nSPS) is 20.1. The zero-order chi connectivity index (χ0) is 14.5. The number of carbonyl (C=O) groups excluding carboxylic acids is 1. The topological polar surface area (TPSA) is 41.6 Å². The molecular formula is C16H24N2O2. The van der Waals surface area contributed by atoms with Crippen LogP contribution in [0.5, 0.6) is 0 Å². The molecule has 1 saturated heterocycles. The van der Waals surface area contributed by atoms with E-state index in [1.165, 1.54) is 12.7 Å². The Morgan fingerprint density at radius 3 is 2.70 bits per heavy atom. The number of hydrogen-bond donors (Lipinski definition) is 1. The summed E-state index contributed by atoms with van der Waals surface area (Å²) < 4.78 is 4.72. The third-order valence-electron chi connectivity index (χ3n) is 3.93. The summed E-state index contributed by atoms with van der Waals surface area (Å²) >= 11 is 0. The van der Waals surface area contributed by atoms with Gasteiger partial charge in [0.05, 0.1) is 12.7 Å². The fourth-order valence-corrected chi connectivity index (χ4v) is 2.72. The van der Waals surface area contributed by atoms with Crippen LogP contribution in [0.15, 0.2) is 24.3 Å². The lowest BCUT2D eigenvalue weighted by atomic mass is 9.99. The number of rotatable bonds is 4. The highest BCUT2D eigenvalue weighted by Crippen LogP contribution is 2.17. The standard InChI is InChI=1S/C16H24N2O2/c1-12(2)15-10-17-8-9-18(15)11-13-4-6-14(7-5-13)16(19)20-3/h4-7,12,15,17H,8-11H2,1-3H3. The molecule has 1 aliphatic rings. The predicted octanol–water partition coefficient (Wildman–Crippen LogP) is 1.90. The molecule has 2 rings (SSSR count). The molecule has 4 heteroatoms. The lowest BCUT2D eigenvalue weighted by Crippen LogP contribution is -2.52. The average Bonchev–Trinajstić information content (AvgIpc) is 2.47. The van der Waals surface area contributed by atoms with E-state index in [2.05, 4.69) is 24.1 Å². The van der Waals surface area contributed by atoms with Gasteiger partial charge in [-0.3, -0.25) is 4.90 Å². The SMILES string of the molecule is COC(=O)c1ccc(CN2CCNCC2C(C)C)cc1. The van der Waals surface area contributed by atoms with Crippen molar-refractivity contribution in [3.05, 3.63) is 35.4 Å². The van der Waals surface area contributed by atoms with Crippen molar-refractivity contribution in [1.82, 2.24) is 10.2 Å². The van der Waals surface area contributed by atoms with Crippen molar-refractivity contribution >= 4 is 5.97 Å². The number of carbonyl (C=O) groups is 1. The Hall–Kier alpha value is -1.39. The molecule has 20 heavy (non-hydrogen) atoms. The summed E-state index contributed by atoms with van der Waals surface area (Å²) in [5.74, 6) is 0.357. The van der Waals surface area contributed by atoms with Gasteiger partial charge in [-0.25, -0.2) is 4.79 Å². The van der Waals surface area contributed by atoms with Crippen LogP contribution in [-0.4, -0.2) is 43.7 Å². The molecule has 0 radical (unpaired) electrons. The number of nitrogens with one attached hydrogen (secondary N) is 1. The number of nitrogens with zero attached hydrogens (tertiary/aromatic N) is 1. The summed E-state index contributed by atoms with van der Waals surface area (Å²) in [5, 5.41) is 3.46. The minimum atomic E-state index is -0.279. The summed E-state index contributed by atoms with van der Waals surface area (Å²) in [4.78, 5) is 13.9. The molecule has 1 heterocycles. The first-order chi connectivity index (χ1) is 9.61. The van der Waals surface area contributed by atoms with Crippen molar-refractivity contribution in [3.8, 4) is 0 Å². The number of benzene rings is 1. The van der Waals surface area contributed by atoms with Gasteiger partial charge in [0.15, 0.2) is 0 Å². The summed E-state index contributed by atoms with van der Waals surface area (Å²) in [7, 11) is 1.41. The monoisotopic (exact) mass is 276 g/mol. The van der Waals surface area contributed by atoms with Crippen molar-refractivity contribution < 1.29 is 9.53 Å². The number of methoxy groups -OCH3 is 1. The molecule has 0 bridgehead atoms. The Bertz CT molecular complexity index is 442. The van der Waals surface area contributed by atoms with Gasteiger partial charge in [0.25, 0.3) is 0 Å². The zero-order valence-electron chi connectivity index (χ0n) is 12.6. The highest BCUT2D eigenvalue weighted by atomic mass is 16.5. The molecule has 0 aliphatic carbocycles. The maximum Gasteiger partial charge on any atom is 0.337 e. The lowest BCUT2D eigenvalue weighted by molar-refractivity contribution is 0.0600. The van der Waals surface area contributed by atoms with Crippen LogP contribution in [0.1, 0.15) is 29.8 Å². The van der Waals surface area contributed by atoms with E-state index in [9.17, 15) is 4.79 Å². The molecule has 1 aromatic carbocycles. The van der Waals surface area contributed by atoms with Gasteiger partial charge in [-0.15, -0.1) is 0 Å². The Morgan fingerprint density at radius 1 is 1.40 bits per heavy atom. The molecule has 0 aromatic heterocycles. The predicted molar refractivity (Wildman–Crippen MR) is 79.7 cm³/mol. The van der Waals surface area contributed by atoms with E-state index in [4.69, 9.17) is 4.74 Å². The third-order valence-corrected chi connectivity index (χ3v) is 3.93. The molecular weight excluding hydrogens is 252 g/mol. The number of piperazine rings is 1. The molecule has 1 N–H and O–H groups in total. The Balaban J connectivity index is 2.03. The quantitative estimate of drug-likeness (QED) is 0.853. The molecule has 0 saturated carbocycles. The second-order valence-corrected chi connectivity index (χ2v) is 5.67. The third kappa shape index (κ3) is 3.58. The van der Waals surface area contributed by atoms with Crippen LogP contribution in [0.3, 0.4) is 0 Å². The van der Waals surface area contributed by atoms with Gasteiger partial charge in [-0.1, -0.05) is 26.0 Å². The van der Waals surface area contributed by atoms with E-state index in [0.29, 0.717) is 17.5 Å². The van der Waals surface area contributed by atoms with Crippen LogP contribution < -0.4 is 5.32 Å². The maximum atomic E-state index is 11.4. The summed E-state index contributed by atoms with van der Waals surface area (Å²) in [6.07, 6.45) is 0. The Kier molecular flexibility index (Phi) is 5.15. The lowest BCUT2D eigenvalue weighted by Gasteiger charge is -2.38. The van der Waals surface area contributed by atoms with Gasteiger partial charge >= 0.3 is 5.97 Å². The number of hydrogen-bond acceptors (Lipinski definition) is 4. The van der Waals surface area contributed by atoms with E-state index in [0.717, 1.165) is 26.2 Å². The molecule has 1 atom stereocenters.